The van der Waals surface area contributed by atoms with Gasteiger partial charge in [-0.25, -0.2) is 0 Å². The van der Waals surface area contributed by atoms with E-state index in [2.05, 4.69) is 5.32 Å². The molecular weight excluding hydrogens is 438 g/mol. The van der Waals surface area contributed by atoms with E-state index in [1.807, 2.05) is 52.9 Å². The highest BCUT2D eigenvalue weighted by Gasteiger charge is 2.23. The van der Waals surface area contributed by atoms with Crippen molar-refractivity contribution in [1.29, 1.82) is 0 Å². The van der Waals surface area contributed by atoms with E-state index in [0.717, 1.165) is 23.9 Å². The van der Waals surface area contributed by atoms with Crippen molar-refractivity contribution in [2.75, 3.05) is 12.4 Å². The molecule has 0 bridgehead atoms. The maximum Gasteiger partial charge on any atom is 0.253 e. The summed E-state index contributed by atoms with van der Waals surface area (Å²) in [7, 11) is 1.88. The lowest BCUT2D eigenvalue weighted by Gasteiger charge is -2.31. The van der Waals surface area contributed by atoms with Crippen LogP contribution in [0.5, 0.6) is 0 Å². The monoisotopic (exact) mass is 467 g/mol. The van der Waals surface area contributed by atoms with Crippen LogP contribution in [-0.4, -0.2) is 34.4 Å². The fourth-order valence-corrected chi connectivity index (χ4v) is 5.13. The van der Waals surface area contributed by atoms with E-state index < -0.39 is 0 Å². The Morgan fingerprint density at radius 3 is 2.03 bits per heavy atom. The quantitative estimate of drug-likeness (QED) is 0.410. The highest BCUT2D eigenvalue weighted by molar-refractivity contribution is 5.98. The Bertz CT molecular complexity index is 1390. The number of carbonyl (C=O) groups is 2. The zero-order valence-electron chi connectivity index (χ0n) is 19.9. The van der Waals surface area contributed by atoms with Crippen molar-refractivity contribution in [3.63, 3.8) is 0 Å². The molecule has 3 aromatic carbocycles. The van der Waals surface area contributed by atoms with Gasteiger partial charge in [-0.15, -0.1) is 0 Å². The van der Waals surface area contributed by atoms with Crippen LogP contribution in [0.3, 0.4) is 0 Å². The highest BCUT2D eigenvalue weighted by Crippen LogP contribution is 2.24. The molecule has 1 fully saturated rings. The van der Waals surface area contributed by atoms with Crippen LogP contribution < -0.4 is 10.7 Å². The summed E-state index contributed by atoms with van der Waals surface area (Å²) in [5.41, 5.74) is 2.65. The normalized spacial score (nSPS) is 14.2. The largest absolute Gasteiger partial charge is 0.339 e. The minimum atomic E-state index is -0.206. The molecule has 0 atom stereocenters. The zero-order valence-corrected chi connectivity index (χ0v) is 19.9. The van der Waals surface area contributed by atoms with Gasteiger partial charge in [0.1, 0.15) is 6.54 Å². The van der Waals surface area contributed by atoms with E-state index in [-0.39, 0.29) is 23.8 Å². The lowest BCUT2D eigenvalue weighted by atomic mass is 9.94. The van der Waals surface area contributed by atoms with Crippen LogP contribution >= 0.6 is 0 Å². The number of benzene rings is 3. The molecule has 0 saturated heterocycles. The Morgan fingerprint density at radius 2 is 1.43 bits per heavy atom. The number of fused-ring (bicyclic) bond motifs is 2. The number of nitrogens with one attached hydrogen (secondary N) is 1. The van der Waals surface area contributed by atoms with Gasteiger partial charge in [0.2, 0.25) is 5.91 Å². The van der Waals surface area contributed by atoms with Crippen LogP contribution in [0, 0.1) is 0 Å². The van der Waals surface area contributed by atoms with E-state index in [1.54, 1.807) is 36.4 Å². The van der Waals surface area contributed by atoms with Crippen LogP contribution in [0.15, 0.2) is 77.6 Å². The SMILES string of the molecule is CN(C(=O)c1ccc(NC(=O)Cn2c3ccccc3c(=O)c3ccccc32)cc1)C1CCCCC1. The summed E-state index contributed by atoms with van der Waals surface area (Å²) in [6.07, 6.45) is 5.72. The maximum atomic E-state index is 13.0. The van der Waals surface area contributed by atoms with Gasteiger partial charge < -0.3 is 14.8 Å². The number of anilines is 1. The average Bonchev–Trinajstić information content (AvgIpc) is 2.91. The summed E-state index contributed by atoms with van der Waals surface area (Å²) in [6, 6.07) is 22.1. The van der Waals surface area contributed by atoms with Crippen molar-refractivity contribution < 1.29 is 9.59 Å². The number of para-hydroxylation sites is 2. The first-order valence-corrected chi connectivity index (χ1v) is 12.2. The number of nitrogens with zero attached hydrogens (tertiary/aromatic N) is 2. The maximum absolute atomic E-state index is 13.0. The Morgan fingerprint density at radius 1 is 0.857 bits per heavy atom. The van der Waals surface area contributed by atoms with Crippen molar-refractivity contribution in [2.45, 2.75) is 44.7 Å². The number of rotatable bonds is 5. The van der Waals surface area contributed by atoms with Gasteiger partial charge in [0.05, 0.1) is 11.0 Å². The third kappa shape index (κ3) is 4.56. The fourth-order valence-electron chi connectivity index (χ4n) is 5.13. The van der Waals surface area contributed by atoms with E-state index in [0.29, 0.717) is 28.1 Å². The molecule has 0 unspecified atom stereocenters. The second-order valence-corrected chi connectivity index (χ2v) is 9.28. The molecule has 0 radical (unpaired) electrons. The van der Waals surface area contributed by atoms with E-state index >= 15 is 0 Å². The van der Waals surface area contributed by atoms with Crippen LogP contribution in [0.2, 0.25) is 0 Å². The number of pyridine rings is 1. The van der Waals surface area contributed by atoms with Gasteiger partial charge in [-0.3, -0.25) is 14.4 Å². The van der Waals surface area contributed by atoms with E-state index in [4.69, 9.17) is 0 Å². The smallest absolute Gasteiger partial charge is 0.253 e. The minimum Gasteiger partial charge on any atom is -0.339 e. The molecule has 0 aliphatic heterocycles. The molecule has 1 saturated carbocycles. The molecule has 6 heteroatoms. The summed E-state index contributed by atoms with van der Waals surface area (Å²) in [5.74, 6) is -0.191. The summed E-state index contributed by atoms with van der Waals surface area (Å²) in [5, 5.41) is 4.10. The molecule has 2 amide bonds. The van der Waals surface area contributed by atoms with Gasteiger partial charge in [0.25, 0.3) is 5.91 Å². The Balaban J connectivity index is 1.34. The summed E-state index contributed by atoms with van der Waals surface area (Å²) < 4.78 is 1.87. The molecule has 5 rings (SSSR count). The first kappa shape index (κ1) is 22.8. The van der Waals surface area contributed by atoms with Gasteiger partial charge in [0.15, 0.2) is 5.43 Å². The van der Waals surface area contributed by atoms with Gasteiger partial charge in [0, 0.05) is 35.1 Å². The Kier molecular flexibility index (Phi) is 6.36. The Labute approximate surface area is 204 Å². The van der Waals surface area contributed by atoms with Crippen molar-refractivity contribution >= 4 is 39.3 Å². The molecule has 178 valence electrons. The standard InChI is InChI=1S/C29H29N3O3/c1-31(22-9-3-2-4-10-22)29(35)20-15-17-21(18-16-20)30-27(33)19-32-25-13-7-5-11-23(25)28(34)24-12-6-8-14-26(24)32/h5-8,11-18,22H,2-4,9-10,19H2,1H3,(H,30,33). The summed E-state index contributed by atoms with van der Waals surface area (Å²) >= 11 is 0. The third-order valence-electron chi connectivity index (χ3n) is 7.04. The first-order valence-electron chi connectivity index (χ1n) is 12.2. The number of hydrogen-bond acceptors (Lipinski definition) is 3. The molecule has 1 aliphatic rings. The minimum absolute atomic E-state index is 0.0148. The molecule has 0 spiro atoms. The van der Waals surface area contributed by atoms with E-state index in [9.17, 15) is 14.4 Å². The summed E-state index contributed by atoms with van der Waals surface area (Å²) in [6.45, 7) is 0.0619. The Hall–Kier alpha value is -3.93. The van der Waals surface area contributed by atoms with Gasteiger partial charge in [-0.05, 0) is 61.4 Å². The molecule has 35 heavy (non-hydrogen) atoms. The molecule has 6 nitrogen and oxygen atoms in total. The number of carbonyl (C=O) groups excluding carboxylic acids is 2. The number of aromatic nitrogens is 1. The van der Waals surface area contributed by atoms with Gasteiger partial charge in [-0.2, -0.15) is 0 Å². The number of amides is 2. The van der Waals surface area contributed by atoms with Crippen LogP contribution in [0.1, 0.15) is 42.5 Å². The molecule has 1 aromatic heterocycles. The van der Waals surface area contributed by atoms with Crippen LogP contribution in [-0.2, 0) is 11.3 Å². The lowest BCUT2D eigenvalue weighted by molar-refractivity contribution is -0.116. The van der Waals surface area contributed by atoms with Crippen molar-refractivity contribution in [3.8, 4) is 0 Å². The zero-order chi connectivity index (χ0) is 24.4. The second-order valence-electron chi connectivity index (χ2n) is 9.28. The van der Waals surface area contributed by atoms with Crippen molar-refractivity contribution in [2.24, 2.45) is 0 Å². The van der Waals surface area contributed by atoms with Crippen LogP contribution in [0.4, 0.5) is 5.69 Å². The van der Waals surface area contributed by atoms with Gasteiger partial charge in [-0.1, -0.05) is 43.5 Å². The second kappa shape index (κ2) is 9.74. The summed E-state index contributed by atoms with van der Waals surface area (Å²) in [4.78, 5) is 40.7. The highest BCUT2D eigenvalue weighted by atomic mass is 16.2. The third-order valence-corrected chi connectivity index (χ3v) is 7.04. The lowest BCUT2D eigenvalue weighted by Crippen LogP contribution is -2.38. The average molecular weight is 468 g/mol. The molecule has 1 aliphatic carbocycles. The van der Waals surface area contributed by atoms with Crippen LogP contribution in [0.25, 0.3) is 21.8 Å². The van der Waals surface area contributed by atoms with Crippen molar-refractivity contribution in [3.05, 3.63) is 88.6 Å². The molecule has 1 N–H and O–H groups in total. The molecule has 1 heterocycles. The first-order chi connectivity index (χ1) is 17.0. The van der Waals surface area contributed by atoms with E-state index in [1.165, 1.54) is 19.3 Å². The number of hydrogen-bond donors (Lipinski definition) is 1. The predicted octanol–water partition coefficient (Wildman–Crippen LogP) is 5.20. The molecular formula is C29H29N3O3. The predicted molar refractivity (Wildman–Crippen MR) is 140 cm³/mol. The van der Waals surface area contributed by atoms with Crippen molar-refractivity contribution in [1.82, 2.24) is 9.47 Å². The van der Waals surface area contributed by atoms with Gasteiger partial charge >= 0.3 is 0 Å². The topological polar surface area (TPSA) is 71.4 Å². The molecule has 4 aromatic rings. The fraction of sp³-hybridized carbons (Fsp3) is 0.276.